The summed E-state index contributed by atoms with van der Waals surface area (Å²) in [5.41, 5.74) is 1.68. The molecule has 19 heavy (non-hydrogen) atoms. The average molecular weight is 250 g/mol. The molecule has 0 aliphatic carbocycles. The summed E-state index contributed by atoms with van der Waals surface area (Å²) in [6.07, 6.45) is 0. The Kier molecular flexibility index (Phi) is 2.84. The zero-order chi connectivity index (χ0) is 13.2. The lowest BCUT2D eigenvalue weighted by molar-refractivity contribution is 0.416. The predicted molar refractivity (Wildman–Crippen MR) is 77.6 cm³/mol. The molecule has 0 saturated heterocycles. The highest BCUT2D eigenvalue weighted by Gasteiger charge is 2.11. The van der Waals surface area contributed by atoms with Crippen molar-refractivity contribution in [1.29, 1.82) is 0 Å². The van der Waals surface area contributed by atoms with Gasteiger partial charge in [0.2, 0.25) is 0 Å². The van der Waals surface area contributed by atoms with Crippen molar-refractivity contribution in [2.75, 3.05) is 7.11 Å². The molecule has 1 N–H and O–H groups in total. The Hall–Kier alpha value is -2.48. The molecule has 0 atom stereocenters. The quantitative estimate of drug-likeness (QED) is 0.737. The standard InChI is InChI=1S/C17H14O2/c1-19-16-9-5-4-8-14(16)15-11-10-12-6-2-3-7-13(12)17(15)18/h2-11,18H,1H3. The molecule has 0 aromatic heterocycles. The largest absolute Gasteiger partial charge is 0.507 e. The Labute approximate surface area is 111 Å². The van der Waals surface area contributed by atoms with Gasteiger partial charge in [0.05, 0.1) is 7.11 Å². The van der Waals surface area contributed by atoms with Crippen molar-refractivity contribution in [2.24, 2.45) is 0 Å². The number of hydrogen-bond donors (Lipinski definition) is 1. The van der Waals surface area contributed by atoms with E-state index in [0.717, 1.165) is 27.6 Å². The maximum Gasteiger partial charge on any atom is 0.131 e. The Morgan fingerprint density at radius 1 is 0.789 bits per heavy atom. The molecule has 0 spiro atoms. The molecule has 3 aromatic carbocycles. The third-order valence-corrected chi connectivity index (χ3v) is 3.30. The number of ether oxygens (including phenoxy) is 1. The molecule has 0 aliphatic rings. The van der Waals surface area contributed by atoms with E-state index in [1.54, 1.807) is 7.11 Å². The molecule has 0 unspecified atom stereocenters. The first-order valence-electron chi connectivity index (χ1n) is 6.15. The molecule has 2 heteroatoms. The number of methoxy groups -OCH3 is 1. The van der Waals surface area contributed by atoms with Gasteiger partial charge in [-0.3, -0.25) is 0 Å². The first kappa shape index (κ1) is 11.6. The van der Waals surface area contributed by atoms with Crippen LogP contribution in [0.2, 0.25) is 0 Å². The van der Waals surface area contributed by atoms with Crippen molar-refractivity contribution in [3.63, 3.8) is 0 Å². The minimum atomic E-state index is 0.294. The summed E-state index contributed by atoms with van der Waals surface area (Å²) in [5.74, 6) is 1.05. The van der Waals surface area contributed by atoms with Gasteiger partial charge in [-0.2, -0.15) is 0 Å². The summed E-state index contributed by atoms with van der Waals surface area (Å²) in [6, 6.07) is 19.4. The van der Waals surface area contributed by atoms with E-state index in [1.165, 1.54) is 0 Å². The lowest BCUT2D eigenvalue weighted by Crippen LogP contribution is -1.88. The third kappa shape index (κ3) is 1.91. The topological polar surface area (TPSA) is 29.5 Å². The molecule has 0 radical (unpaired) electrons. The van der Waals surface area contributed by atoms with Gasteiger partial charge in [-0.15, -0.1) is 0 Å². The van der Waals surface area contributed by atoms with Crippen LogP contribution in [-0.2, 0) is 0 Å². The van der Waals surface area contributed by atoms with Gasteiger partial charge >= 0.3 is 0 Å². The summed E-state index contributed by atoms with van der Waals surface area (Å²) >= 11 is 0. The first-order valence-corrected chi connectivity index (χ1v) is 6.15. The van der Waals surface area contributed by atoms with Crippen molar-refractivity contribution in [3.05, 3.63) is 60.7 Å². The van der Waals surface area contributed by atoms with Gasteiger partial charge in [0.1, 0.15) is 11.5 Å². The second-order valence-electron chi connectivity index (χ2n) is 4.38. The molecule has 0 fully saturated rings. The Morgan fingerprint density at radius 2 is 1.53 bits per heavy atom. The second-order valence-corrected chi connectivity index (χ2v) is 4.38. The minimum Gasteiger partial charge on any atom is -0.507 e. The maximum absolute atomic E-state index is 10.5. The van der Waals surface area contributed by atoms with Crippen molar-refractivity contribution in [2.45, 2.75) is 0 Å². The number of rotatable bonds is 2. The highest BCUT2D eigenvalue weighted by atomic mass is 16.5. The van der Waals surface area contributed by atoms with Gasteiger partial charge in [0.15, 0.2) is 0 Å². The normalized spacial score (nSPS) is 10.6. The van der Waals surface area contributed by atoms with Gasteiger partial charge in [-0.1, -0.05) is 48.5 Å². The van der Waals surface area contributed by atoms with Crippen molar-refractivity contribution in [3.8, 4) is 22.6 Å². The summed E-state index contributed by atoms with van der Waals surface area (Å²) < 4.78 is 5.36. The molecule has 2 nitrogen and oxygen atoms in total. The van der Waals surface area contributed by atoms with Crippen LogP contribution in [-0.4, -0.2) is 12.2 Å². The summed E-state index contributed by atoms with van der Waals surface area (Å²) in [7, 11) is 1.64. The molecule has 0 aliphatic heterocycles. The number of aromatic hydroxyl groups is 1. The van der Waals surface area contributed by atoms with Crippen LogP contribution in [0.3, 0.4) is 0 Å². The number of benzene rings is 3. The van der Waals surface area contributed by atoms with Crippen LogP contribution in [0, 0.1) is 0 Å². The molecule has 0 heterocycles. The van der Waals surface area contributed by atoms with Crippen LogP contribution in [0.25, 0.3) is 21.9 Å². The van der Waals surface area contributed by atoms with E-state index in [0.29, 0.717) is 5.75 Å². The van der Waals surface area contributed by atoms with Gasteiger partial charge in [0, 0.05) is 16.5 Å². The van der Waals surface area contributed by atoms with Crippen LogP contribution < -0.4 is 4.74 Å². The molecule has 0 saturated carbocycles. The van der Waals surface area contributed by atoms with Crippen molar-refractivity contribution >= 4 is 10.8 Å². The number of phenolic OH excluding ortho intramolecular Hbond substituents is 1. The number of phenols is 1. The SMILES string of the molecule is COc1ccccc1-c1ccc2ccccc2c1O. The van der Waals surface area contributed by atoms with E-state index in [4.69, 9.17) is 4.74 Å². The van der Waals surface area contributed by atoms with Crippen molar-refractivity contribution < 1.29 is 9.84 Å². The fraction of sp³-hybridized carbons (Fsp3) is 0.0588. The zero-order valence-corrected chi connectivity index (χ0v) is 10.6. The number of hydrogen-bond acceptors (Lipinski definition) is 2. The van der Waals surface area contributed by atoms with E-state index in [9.17, 15) is 5.11 Å². The van der Waals surface area contributed by atoms with Gasteiger partial charge < -0.3 is 9.84 Å². The second kappa shape index (κ2) is 4.65. The highest BCUT2D eigenvalue weighted by Crippen LogP contribution is 2.39. The molecule has 94 valence electrons. The highest BCUT2D eigenvalue weighted by molar-refractivity contribution is 5.95. The molecule has 0 amide bonds. The summed E-state index contributed by atoms with van der Waals surface area (Å²) in [4.78, 5) is 0. The Bertz CT molecular complexity index is 732. The maximum atomic E-state index is 10.5. The molecule has 3 aromatic rings. The van der Waals surface area contributed by atoms with Crippen LogP contribution in [0.4, 0.5) is 0 Å². The smallest absolute Gasteiger partial charge is 0.131 e. The van der Waals surface area contributed by atoms with Crippen LogP contribution in [0.1, 0.15) is 0 Å². The monoisotopic (exact) mass is 250 g/mol. The molecule has 3 rings (SSSR count). The zero-order valence-electron chi connectivity index (χ0n) is 10.6. The van der Waals surface area contributed by atoms with Gasteiger partial charge in [-0.25, -0.2) is 0 Å². The predicted octanol–water partition coefficient (Wildman–Crippen LogP) is 4.22. The number of fused-ring (bicyclic) bond motifs is 1. The first-order chi connectivity index (χ1) is 9.31. The van der Waals surface area contributed by atoms with Gasteiger partial charge in [-0.05, 0) is 17.5 Å². The lowest BCUT2D eigenvalue weighted by Gasteiger charge is -2.11. The molecular weight excluding hydrogens is 236 g/mol. The van der Waals surface area contributed by atoms with Crippen LogP contribution in [0.5, 0.6) is 11.5 Å². The fourth-order valence-corrected chi connectivity index (χ4v) is 2.34. The van der Waals surface area contributed by atoms with E-state index >= 15 is 0 Å². The Morgan fingerprint density at radius 3 is 2.37 bits per heavy atom. The van der Waals surface area contributed by atoms with E-state index in [-0.39, 0.29) is 0 Å². The van der Waals surface area contributed by atoms with Crippen LogP contribution >= 0.6 is 0 Å². The third-order valence-electron chi connectivity index (χ3n) is 3.30. The summed E-state index contributed by atoms with van der Waals surface area (Å²) in [6.45, 7) is 0. The number of para-hydroxylation sites is 1. The van der Waals surface area contributed by atoms with Crippen LogP contribution in [0.15, 0.2) is 60.7 Å². The summed E-state index contributed by atoms with van der Waals surface area (Å²) in [5, 5.41) is 12.3. The average Bonchev–Trinajstić information content (AvgIpc) is 2.48. The lowest BCUT2D eigenvalue weighted by atomic mass is 9.99. The minimum absolute atomic E-state index is 0.294. The van der Waals surface area contributed by atoms with Gasteiger partial charge in [0.25, 0.3) is 0 Å². The van der Waals surface area contributed by atoms with E-state index in [1.807, 2.05) is 60.7 Å². The molecular formula is C17H14O2. The molecule has 0 bridgehead atoms. The van der Waals surface area contributed by atoms with E-state index in [2.05, 4.69) is 0 Å². The van der Waals surface area contributed by atoms with Crippen molar-refractivity contribution in [1.82, 2.24) is 0 Å². The fourth-order valence-electron chi connectivity index (χ4n) is 2.34. The van der Waals surface area contributed by atoms with E-state index < -0.39 is 0 Å². The Balaban J connectivity index is 2.28.